The van der Waals surface area contributed by atoms with Gasteiger partial charge in [0.05, 0.1) is 7.11 Å². The number of aliphatic hydroxyl groups is 1. The molecule has 5 atom stereocenters. The minimum Gasteiger partial charge on any atom is -0.493 e. The zero-order valence-electron chi connectivity index (χ0n) is 14.8. The second kappa shape index (κ2) is 4.65. The zero-order chi connectivity index (χ0) is 17.6. The highest BCUT2D eigenvalue weighted by molar-refractivity contribution is 5.89. The summed E-state index contributed by atoms with van der Waals surface area (Å²) >= 11 is 0. The number of Topliss-reactive ketones (excluding diaryl/α,β-unsaturated/α-hetero) is 1. The third-order valence-electron chi connectivity index (χ3n) is 7.00. The molecule has 2 heterocycles. The monoisotopic (exact) mass is 341 g/mol. The molecule has 1 saturated heterocycles. The molecule has 1 fully saturated rings. The van der Waals surface area contributed by atoms with Crippen molar-refractivity contribution in [2.24, 2.45) is 5.92 Å². The van der Waals surface area contributed by atoms with Crippen LogP contribution in [0.15, 0.2) is 24.3 Å². The molecular formula is C20H23NO4. The van der Waals surface area contributed by atoms with E-state index >= 15 is 0 Å². The Morgan fingerprint density at radius 2 is 2.24 bits per heavy atom. The second-order valence-corrected chi connectivity index (χ2v) is 7.94. The van der Waals surface area contributed by atoms with Crippen molar-refractivity contribution in [2.45, 2.75) is 42.9 Å². The van der Waals surface area contributed by atoms with Crippen LogP contribution in [0.5, 0.6) is 11.5 Å². The Morgan fingerprint density at radius 3 is 2.96 bits per heavy atom. The summed E-state index contributed by atoms with van der Waals surface area (Å²) in [4.78, 5) is 14.8. The molecular weight excluding hydrogens is 318 g/mol. The summed E-state index contributed by atoms with van der Waals surface area (Å²) < 4.78 is 11.9. The normalized spacial score (nSPS) is 40.4. The standard InChI is InChI=1S/C20H23NO4/c1-11(22)20(23)7-6-13-14-10-12-4-5-15(24-3)17-16(12)19(13,18(20)25-17)8-9-21(14)2/h4-7,13-14,18,23H,8-10H2,1-3H3/t13-,14+,18+,19-,20+/m0/s1. The van der Waals surface area contributed by atoms with E-state index in [-0.39, 0.29) is 17.1 Å². The maximum atomic E-state index is 12.4. The van der Waals surface area contributed by atoms with E-state index in [0.717, 1.165) is 30.7 Å². The Labute approximate surface area is 147 Å². The highest BCUT2D eigenvalue weighted by Gasteiger charge is 2.68. The number of hydrogen-bond donors (Lipinski definition) is 1. The van der Waals surface area contributed by atoms with Crippen LogP contribution < -0.4 is 9.47 Å². The van der Waals surface area contributed by atoms with Gasteiger partial charge >= 0.3 is 0 Å². The van der Waals surface area contributed by atoms with Crippen LogP contribution in [0.4, 0.5) is 0 Å². The molecule has 5 heteroatoms. The van der Waals surface area contributed by atoms with Crippen molar-refractivity contribution in [1.29, 1.82) is 0 Å². The average molecular weight is 341 g/mol. The van der Waals surface area contributed by atoms with Gasteiger partial charge < -0.3 is 19.5 Å². The van der Waals surface area contributed by atoms with Gasteiger partial charge in [-0.05, 0) is 51.1 Å². The molecule has 1 aromatic carbocycles. The maximum Gasteiger partial charge on any atom is 0.178 e. The molecule has 0 unspecified atom stereocenters. The summed E-state index contributed by atoms with van der Waals surface area (Å²) in [7, 11) is 3.80. The molecule has 1 N–H and O–H groups in total. The third-order valence-corrected chi connectivity index (χ3v) is 7.00. The third kappa shape index (κ3) is 1.59. The van der Waals surface area contributed by atoms with Crippen molar-refractivity contribution in [3.8, 4) is 11.5 Å². The number of ketones is 1. The van der Waals surface area contributed by atoms with Gasteiger partial charge in [-0.25, -0.2) is 0 Å². The fraction of sp³-hybridized carbons (Fsp3) is 0.550. The van der Waals surface area contributed by atoms with Crippen LogP contribution in [0.25, 0.3) is 0 Å². The number of nitrogens with zero attached hydrogens (tertiary/aromatic N) is 1. The molecule has 25 heavy (non-hydrogen) atoms. The smallest absolute Gasteiger partial charge is 0.178 e. The predicted molar refractivity (Wildman–Crippen MR) is 92.1 cm³/mol. The van der Waals surface area contributed by atoms with Gasteiger partial charge in [0.15, 0.2) is 22.9 Å². The number of hydrogen-bond acceptors (Lipinski definition) is 5. The quantitative estimate of drug-likeness (QED) is 0.826. The van der Waals surface area contributed by atoms with Crippen molar-refractivity contribution in [1.82, 2.24) is 4.90 Å². The molecule has 4 aliphatic rings. The van der Waals surface area contributed by atoms with Crippen LogP contribution >= 0.6 is 0 Å². The predicted octanol–water partition coefficient (Wildman–Crippen LogP) is 1.46. The van der Waals surface area contributed by atoms with Gasteiger partial charge in [-0.15, -0.1) is 0 Å². The molecule has 2 aliphatic carbocycles. The van der Waals surface area contributed by atoms with E-state index in [9.17, 15) is 9.90 Å². The molecule has 5 rings (SSSR count). The Balaban J connectivity index is 1.83. The van der Waals surface area contributed by atoms with Crippen molar-refractivity contribution >= 4 is 5.78 Å². The molecule has 1 aromatic rings. The average Bonchev–Trinajstić information content (AvgIpc) is 2.95. The first-order valence-electron chi connectivity index (χ1n) is 8.93. The molecule has 0 saturated carbocycles. The van der Waals surface area contributed by atoms with E-state index < -0.39 is 11.7 Å². The molecule has 132 valence electrons. The first kappa shape index (κ1) is 15.4. The molecule has 0 aromatic heterocycles. The van der Waals surface area contributed by atoms with Crippen molar-refractivity contribution in [3.05, 3.63) is 35.4 Å². The number of carbonyl (C=O) groups is 1. The van der Waals surface area contributed by atoms with Crippen LogP contribution in [-0.2, 0) is 16.6 Å². The molecule has 1 spiro atoms. The van der Waals surface area contributed by atoms with Crippen LogP contribution in [0.1, 0.15) is 24.5 Å². The topological polar surface area (TPSA) is 59.0 Å². The first-order chi connectivity index (χ1) is 11.9. The Bertz CT molecular complexity index is 818. The molecule has 2 aliphatic heterocycles. The van der Waals surface area contributed by atoms with Gasteiger partial charge in [0.25, 0.3) is 0 Å². The van der Waals surface area contributed by atoms with Gasteiger partial charge in [-0.1, -0.05) is 12.1 Å². The minimum atomic E-state index is -1.59. The summed E-state index contributed by atoms with van der Waals surface area (Å²) in [5, 5.41) is 11.2. The fourth-order valence-corrected chi connectivity index (χ4v) is 5.76. The van der Waals surface area contributed by atoms with Crippen LogP contribution in [0, 0.1) is 5.92 Å². The van der Waals surface area contributed by atoms with E-state index in [2.05, 4.69) is 24.1 Å². The number of likely N-dealkylation sites (tertiary alicyclic amines) is 1. The lowest BCUT2D eigenvalue weighted by Gasteiger charge is -2.58. The van der Waals surface area contributed by atoms with Crippen LogP contribution in [0.3, 0.4) is 0 Å². The summed E-state index contributed by atoms with van der Waals surface area (Å²) in [5.74, 6) is 1.37. The molecule has 5 nitrogen and oxygen atoms in total. The Hall–Kier alpha value is -1.85. The highest BCUT2D eigenvalue weighted by Crippen LogP contribution is 2.63. The van der Waals surface area contributed by atoms with E-state index in [1.807, 2.05) is 6.07 Å². The Kier molecular flexibility index (Phi) is 2.87. The lowest BCUT2D eigenvalue weighted by molar-refractivity contribution is -0.148. The summed E-state index contributed by atoms with van der Waals surface area (Å²) in [6.07, 6.45) is 4.97. The maximum absolute atomic E-state index is 12.4. The summed E-state index contributed by atoms with van der Waals surface area (Å²) in [6.45, 7) is 2.37. The van der Waals surface area contributed by atoms with Gasteiger partial charge in [0, 0.05) is 22.9 Å². The largest absolute Gasteiger partial charge is 0.493 e. The number of likely N-dealkylation sites (N-methyl/N-ethyl adjacent to an activating group) is 1. The van der Waals surface area contributed by atoms with E-state index in [1.54, 1.807) is 13.2 Å². The number of piperidine rings is 1. The van der Waals surface area contributed by atoms with Crippen LogP contribution in [0.2, 0.25) is 0 Å². The lowest BCUT2D eigenvalue weighted by atomic mass is 9.51. The summed E-state index contributed by atoms with van der Waals surface area (Å²) in [6, 6.07) is 4.43. The number of carbonyl (C=O) groups excluding carboxylic acids is 1. The van der Waals surface area contributed by atoms with Crippen molar-refractivity contribution < 1.29 is 19.4 Å². The van der Waals surface area contributed by atoms with Gasteiger partial charge in [0.2, 0.25) is 0 Å². The van der Waals surface area contributed by atoms with E-state index in [1.165, 1.54) is 12.5 Å². The first-order valence-corrected chi connectivity index (χ1v) is 8.93. The van der Waals surface area contributed by atoms with E-state index in [0.29, 0.717) is 11.8 Å². The van der Waals surface area contributed by atoms with Gasteiger partial charge in [-0.2, -0.15) is 0 Å². The number of ether oxygens (including phenoxy) is 2. The van der Waals surface area contributed by atoms with Gasteiger partial charge in [-0.3, -0.25) is 4.79 Å². The number of benzene rings is 1. The summed E-state index contributed by atoms with van der Waals surface area (Å²) in [5.41, 5.74) is 0.474. The van der Waals surface area contributed by atoms with E-state index in [4.69, 9.17) is 9.47 Å². The molecule has 0 radical (unpaired) electrons. The Morgan fingerprint density at radius 1 is 1.44 bits per heavy atom. The van der Waals surface area contributed by atoms with Gasteiger partial charge in [0.1, 0.15) is 6.10 Å². The second-order valence-electron chi connectivity index (χ2n) is 7.94. The van der Waals surface area contributed by atoms with Crippen molar-refractivity contribution in [2.75, 3.05) is 20.7 Å². The number of rotatable bonds is 2. The lowest BCUT2D eigenvalue weighted by Crippen LogP contribution is -2.69. The SMILES string of the molecule is COc1ccc2c3c1O[C@@H]1[C@]34CCN(C)[C@H](C2)[C@@H]4C=C[C@@]1(O)C(C)=O. The zero-order valence-corrected chi connectivity index (χ0v) is 14.8. The van der Waals surface area contributed by atoms with Crippen LogP contribution in [-0.4, -0.2) is 54.2 Å². The molecule has 0 amide bonds. The number of methoxy groups -OCH3 is 1. The minimum absolute atomic E-state index is 0.233. The van der Waals surface area contributed by atoms with Crippen molar-refractivity contribution in [3.63, 3.8) is 0 Å². The molecule has 2 bridgehead atoms. The fourth-order valence-electron chi connectivity index (χ4n) is 5.76. The highest BCUT2D eigenvalue weighted by atomic mass is 16.5.